The van der Waals surface area contributed by atoms with Crippen molar-refractivity contribution in [2.24, 2.45) is 0 Å². The molecular weight excluding hydrogens is 271 g/mol. The number of amides is 1. The van der Waals surface area contributed by atoms with Crippen molar-refractivity contribution in [3.63, 3.8) is 0 Å². The van der Waals surface area contributed by atoms with E-state index in [-0.39, 0.29) is 12.2 Å². The van der Waals surface area contributed by atoms with E-state index in [1.807, 2.05) is 7.05 Å². The number of carbonyl (C=O) groups excluding carboxylic acids is 1. The summed E-state index contributed by atoms with van der Waals surface area (Å²) in [5, 5.41) is 11.3. The summed E-state index contributed by atoms with van der Waals surface area (Å²) in [4.78, 5) is 14.0. The van der Waals surface area contributed by atoms with Gasteiger partial charge in [-0.15, -0.1) is 0 Å². The minimum absolute atomic E-state index is 0.00301. The minimum atomic E-state index is -0.616. The predicted octanol–water partition coefficient (Wildman–Crippen LogP) is 1.24. The van der Waals surface area contributed by atoms with E-state index in [0.29, 0.717) is 24.7 Å². The van der Waals surface area contributed by atoms with E-state index in [2.05, 4.69) is 35.9 Å². The Morgan fingerprint density at radius 3 is 2.76 bits per heavy atom. The molecule has 0 unspecified atom stereocenters. The number of benzene rings is 1. The van der Waals surface area contributed by atoms with E-state index < -0.39 is 11.7 Å². The largest absolute Gasteiger partial charge is 0.384 e. The first-order chi connectivity index (χ1) is 9.95. The van der Waals surface area contributed by atoms with Gasteiger partial charge in [0, 0.05) is 24.7 Å². The molecular formula is C16H21FN2O2. The second-order valence-electron chi connectivity index (χ2n) is 4.98. The van der Waals surface area contributed by atoms with E-state index in [4.69, 9.17) is 5.11 Å². The smallest absolute Gasteiger partial charge is 0.254 e. The molecule has 4 nitrogen and oxygen atoms in total. The van der Waals surface area contributed by atoms with Gasteiger partial charge in [0.1, 0.15) is 12.4 Å². The normalized spacial score (nSPS) is 10.4. The molecule has 1 rings (SSSR count). The van der Waals surface area contributed by atoms with Crippen molar-refractivity contribution >= 4 is 5.91 Å². The Labute approximate surface area is 125 Å². The predicted molar refractivity (Wildman–Crippen MR) is 80.5 cm³/mol. The maximum atomic E-state index is 13.8. The number of hydrogen-bond acceptors (Lipinski definition) is 3. The second-order valence-corrected chi connectivity index (χ2v) is 4.98. The monoisotopic (exact) mass is 292 g/mol. The van der Waals surface area contributed by atoms with Crippen molar-refractivity contribution in [3.05, 3.63) is 35.1 Å². The quantitative estimate of drug-likeness (QED) is 0.803. The van der Waals surface area contributed by atoms with Gasteiger partial charge in [0.25, 0.3) is 5.91 Å². The van der Waals surface area contributed by atoms with Gasteiger partial charge in [-0.25, -0.2) is 4.39 Å². The van der Waals surface area contributed by atoms with Crippen LogP contribution in [-0.4, -0.2) is 48.7 Å². The van der Waals surface area contributed by atoms with Crippen LogP contribution in [0.2, 0.25) is 0 Å². The van der Waals surface area contributed by atoms with Gasteiger partial charge in [-0.05, 0) is 39.1 Å². The lowest BCUT2D eigenvalue weighted by Crippen LogP contribution is -2.36. The van der Waals surface area contributed by atoms with E-state index in [1.165, 1.54) is 12.1 Å². The van der Waals surface area contributed by atoms with Gasteiger partial charge >= 0.3 is 0 Å². The number of nitrogens with zero attached hydrogens (tertiary/aromatic N) is 1. The molecule has 0 fully saturated rings. The first-order valence-electron chi connectivity index (χ1n) is 6.83. The van der Waals surface area contributed by atoms with Crippen molar-refractivity contribution in [2.45, 2.75) is 19.9 Å². The van der Waals surface area contributed by atoms with E-state index >= 15 is 0 Å². The zero-order valence-electron chi connectivity index (χ0n) is 12.6. The topological polar surface area (TPSA) is 52.6 Å². The number of aliphatic hydroxyl groups is 1. The van der Waals surface area contributed by atoms with Gasteiger partial charge in [0.15, 0.2) is 0 Å². The van der Waals surface area contributed by atoms with Crippen LogP contribution in [0.25, 0.3) is 0 Å². The van der Waals surface area contributed by atoms with Crippen molar-refractivity contribution in [2.75, 3.05) is 26.7 Å². The zero-order valence-corrected chi connectivity index (χ0v) is 12.6. The highest BCUT2D eigenvalue weighted by Crippen LogP contribution is 2.09. The minimum Gasteiger partial charge on any atom is -0.384 e. The highest BCUT2D eigenvalue weighted by atomic mass is 19.1. The molecule has 2 N–H and O–H groups in total. The highest BCUT2D eigenvalue weighted by molar-refractivity contribution is 5.94. The Hall–Kier alpha value is -1.90. The molecule has 0 saturated carbocycles. The summed E-state index contributed by atoms with van der Waals surface area (Å²) in [5.74, 6) is 3.97. The second kappa shape index (κ2) is 8.40. The fourth-order valence-electron chi connectivity index (χ4n) is 1.62. The average molecular weight is 292 g/mol. The molecule has 0 aliphatic heterocycles. The van der Waals surface area contributed by atoms with Crippen molar-refractivity contribution in [1.82, 2.24) is 10.2 Å². The summed E-state index contributed by atoms with van der Waals surface area (Å²) in [6.07, 6.45) is 0. The van der Waals surface area contributed by atoms with Crippen molar-refractivity contribution < 1.29 is 14.3 Å². The lowest BCUT2D eigenvalue weighted by Gasteiger charge is -2.20. The van der Waals surface area contributed by atoms with Gasteiger partial charge in [0.2, 0.25) is 0 Å². The molecule has 0 aromatic heterocycles. The number of aliphatic hydroxyl groups excluding tert-OH is 1. The molecule has 0 saturated heterocycles. The van der Waals surface area contributed by atoms with Gasteiger partial charge < -0.3 is 15.3 Å². The fourth-order valence-corrected chi connectivity index (χ4v) is 1.62. The van der Waals surface area contributed by atoms with Crippen molar-refractivity contribution in [1.29, 1.82) is 0 Å². The highest BCUT2D eigenvalue weighted by Gasteiger charge is 2.12. The molecule has 0 heterocycles. The number of hydrogen-bond donors (Lipinski definition) is 2. The SMILES string of the molecule is CC(C)N(C)CCNC(=O)c1ccc(C#CCO)cc1F. The van der Waals surface area contributed by atoms with Crippen LogP contribution < -0.4 is 5.32 Å². The molecule has 0 radical (unpaired) electrons. The van der Waals surface area contributed by atoms with E-state index in [9.17, 15) is 9.18 Å². The van der Waals surface area contributed by atoms with Crippen LogP contribution in [0.4, 0.5) is 4.39 Å². The first kappa shape index (κ1) is 17.2. The lowest BCUT2D eigenvalue weighted by atomic mass is 10.1. The summed E-state index contributed by atoms with van der Waals surface area (Å²) in [6, 6.07) is 4.54. The molecule has 1 aromatic carbocycles. The Bertz CT molecular complexity index is 547. The molecule has 21 heavy (non-hydrogen) atoms. The Morgan fingerprint density at radius 2 is 2.19 bits per heavy atom. The van der Waals surface area contributed by atoms with Crippen LogP contribution in [0.1, 0.15) is 29.8 Å². The van der Waals surface area contributed by atoms with Crippen molar-refractivity contribution in [3.8, 4) is 11.8 Å². The summed E-state index contributed by atoms with van der Waals surface area (Å²) in [6.45, 7) is 5.00. The molecule has 5 heteroatoms. The van der Waals surface area contributed by atoms with Crippen LogP contribution in [-0.2, 0) is 0 Å². The van der Waals surface area contributed by atoms with Crippen LogP contribution >= 0.6 is 0 Å². The molecule has 0 bridgehead atoms. The third-order valence-corrected chi connectivity index (χ3v) is 3.16. The van der Waals surface area contributed by atoms with Crippen LogP contribution in [0, 0.1) is 17.7 Å². The fraction of sp³-hybridized carbons (Fsp3) is 0.438. The molecule has 114 valence electrons. The van der Waals surface area contributed by atoms with E-state index in [0.717, 1.165) is 0 Å². The first-order valence-corrected chi connectivity index (χ1v) is 6.83. The summed E-state index contributed by atoms with van der Waals surface area (Å²) in [7, 11) is 1.96. The standard InChI is InChI=1S/C16H21FN2O2/c1-12(2)19(3)9-8-18-16(21)14-7-6-13(5-4-10-20)11-15(14)17/h6-7,11-12,20H,8-10H2,1-3H3,(H,18,21). The lowest BCUT2D eigenvalue weighted by molar-refractivity contribution is 0.0944. The molecule has 1 amide bonds. The maximum absolute atomic E-state index is 13.8. The van der Waals surface area contributed by atoms with Gasteiger partial charge in [0.05, 0.1) is 5.56 Å². The maximum Gasteiger partial charge on any atom is 0.254 e. The number of halogens is 1. The molecule has 1 aromatic rings. The third-order valence-electron chi connectivity index (χ3n) is 3.16. The summed E-state index contributed by atoms with van der Waals surface area (Å²) >= 11 is 0. The Kier molecular flexibility index (Phi) is 6.86. The molecule has 0 spiro atoms. The Balaban J connectivity index is 2.62. The van der Waals surface area contributed by atoms with Crippen LogP contribution in [0.15, 0.2) is 18.2 Å². The zero-order chi connectivity index (χ0) is 15.8. The van der Waals surface area contributed by atoms with Gasteiger partial charge in [-0.3, -0.25) is 4.79 Å². The van der Waals surface area contributed by atoms with Gasteiger partial charge in [-0.2, -0.15) is 0 Å². The summed E-state index contributed by atoms with van der Waals surface area (Å²) in [5.41, 5.74) is 0.425. The molecule has 0 atom stereocenters. The Morgan fingerprint density at radius 1 is 1.48 bits per heavy atom. The molecule has 0 aliphatic rings. The van der Waals surface area contributed by atoms with Crippen LogP contribution in [0.5, 0.6) is 0 Å². The van der Waals surface area contributed by atoms with E-state index in [1.54, 1.807) is 6.07 Å². The number of nitrogens with one attached hydrogen (secondary N) is 1. The number of carbonyl (C=O) groups is 1. The van der Waals surface area contributed by atoms with Gasteiger partial charge in [-0.1, -0.05) is 11.8 Å². The third kappa shape index (κ3) is 5.54. The average Bonchev–Trinajstić information content (AvgIpc) is 2.44. The van der Waals surface area contributed by atoms with Crippen LogP contribution in [0.3, 0.4) is 0 Å². The molecule has 0 aliphatic carbocycles. The number of likely N-dealkylation sites (N-methyl/N-ethyl adjacent to an activating group) is 1. The number of rotatable bonds is 5. The summed E-state index contributed by atoms with van der Waals surface area (Å²) < 4.78 is 13.8.